The molecule has 0 bridgehead atoms. The number of hydrogen-bond donors (Lipinski definition) is 1. The summed E-state index contributed by atoms with van der Waals surface area (Å²) in [5.74, 6) is 2.66. The van der Waals surface area contributed by atoms with Crippen molar-refractivity contribution in [2.75, 3.05) is 54.4 Å². The maximum absolute atomic E-state index is 12.7. The van der Waals surface area contributed by atoms with Crippen LogP contribution in [0.2, 0.25) is 0 Å². The van der Waals surface area contributed by atoms with Crippen molar-refractivity contribution in [3.63, 3.8) is 0 Å². The molecule has 0 unspecified atom stereocenters. The molecule has 0 atom stereocenters. The number of urea groups is 1. The van der Waals surface area contributed by atoms with Gasteiger partial charge in [0.05, 0.1) is 0 Å². The van der Waals surface area contributed by atoms with Gasteiger partial charge in [0.15, 0.2) is 11.6 Å². The second-order valence-electron chi connectivity index (χ2n) is 10.2. The Morgan fingerprint density at radius 2 is 1.38 bits per heavy atom. The number of nitrogens with zero attached hydrogens (tertiary/aromatic N) is 5. The minimum atomic E-state index is -0.0473. The van der Waals surface area contributed by atoms with Gasteiger partial charge < -0.3 is 20.0 Å². The van der Waals surface area contributed by atoms with Crippen LogP contribution in [-0.4, -0.2) is 60.4 Å². The zero-order chi connectivity index (χ0) is 22.7. The third kappa shape index (κ3) is 5.31. The molecule has 7 heteroatoms. The van der Waals surface area contributed by atoms with Gasteiger partial charge >= 0.3 is 6.03 Å². The summed E-state index contributed by atoms with van der Waals surface area (Å²) in [6.45, 7) is 13.8. The predicted octanol–water partition coefficient (Wildman–Crippen LogP) is 4.36. The van der Waals surface area contributed by atoms with Gasteiger partial charge in [-0.25, -0.2) is 4.79 Å². The van der Waals surface area contributed by atoms with Gasteiger partial charge in [0.1, 0.15) is 0 Å². The molecule has 7 nitrogen and oxygen atoms in total. The Bertz CT molecular complexity index is 890. The van der Waals surface area contributed by atoms with Crippen molar-refractivity contribution in [2.24, 2.45) is 5.92 Å². The van der Waals surface area contributed by atoms with Crippen LogP contribution in [0.15, 0.2) is 36.4 Å². The Kier molecular flexibility index (Phi) is 6.53. The van der Waals surface area contributed by atoms with E-state index in [1.54, 1.807) is 0 Å². The molecule has 32 heavy (non-hydrogen) atoms. The lowest BCUT2D eigenvalue weighted by Crippen LogP contribution is -2.50. The molecule has 3 heterocycles. The summed E-state index contributed by atoms with van der Waals surface area (Å²) in [7, 11) is 0. The monoisotopic (exact) mass is 436 g/mol. The lowest BCUT2D eigenvalue weighted by atomic mass is 9.87. The van der Waals surface area contributed by atoms with Crippen LogP contribution < -0.4 is 15.1 Å². The second kappa shape index (κ2) is 9.35. The number of anilines is 3. The summed E-state index contributed by atoms with van der Waals surface area (Å²) in [5.41, 5.74) is 2.19. The zero-order valence-corrected chi connectivity index (χ0v) is 19.8. The van der Waals surface area contributed by atoms with E-state index in [4.69, 9.17) is 0 Å². The molecule has 0 aliphatic carbocycles. The summed E-state index contributed by atoms with van der Waals surface area (Å²) in [6.07, 6.45) is 2.43. The molecule has 2 fully saturated rings. The van der Waals surface area contributed by atoms with E-state index in [1.165, 1.54) is 18.4 Å². The first-order chi connectivity index (χ1) is 15.3. The number of carbonyl (C=O) groups excluding carboxylic acids is 1. The van der Waals surface area contributed by atoms with E-state index in [0.717, 1.165) is 49.4 Å². The zero-order valence-electron chi connectivity index (χ0n) is 19.8. The first-order valence-electron chi connectivity index (χ1n) is 11.8. The minimum absolute atomic E-state index is 0.0473. The van der Waals surface area contributed by atoms with Gasteiger partial charge in [-0.05, 0) is 54.0 Å². The van der Waals surface area contributed by atoms with E-state index < -0.39 is 0 Å². The number of piperidine rings is 1. The molecular formula is C25H36N6O. The molecule has 2 aliphatic heterocycles. The highest BCUT2D eigenvalue weighted by molar-refractivity contribution is 5.89. The predicted molar refractivity (Wildman–Crippen MR) is 131 cm³/mol. The van der Waals surface area contributed by atoms with Crippen molar-refractivity contribution >= 4 is 23.4 Å². The Balaban J connectivity index is 1.27. The van der Waals surface area contributed by atoms with Crippen LogP contribution in [0, 0.1) is 5.92 Å². The molecule has 0 spiro atoms. The normalized spacial score (nSPS) is 18.1. The molecule has 0 saturated carbocycles. The van der Waals surface area contributed by atoms with Gasteiger partial charge in [-0.3, -0.25) is 0 Å². The van der Waals surface area contributed by atoms with Gasteiger partial charge in [0, 0.05) is 45.0 Å². The van der Waals surface area contributed by atoms with Crippen molar-refractivity contribution in [3.8, 4) is 0 Å². The van der Waals surface area contributed by atoms with Crippen LogP contribution in [0.3, 0.4) is 0 Å². The van der Waals surface area contributed by atoms with E-state index in [1.807, 2.05) is 17.0 Å². The smallest absolute Gasteiger partial charge is 0.321 e. The SMILES string of the molecule is CC1CCN(c2ccc(N3CCN(C(=O)Nc4ccc(C(C)(C)C)cc4)CC3)nn2)CC1. The van der Waals surface area contributed by atoms with Crippen LogP contribution in [0.4, 0.5) is 22.1 Å². The van der Waals surface area contributed by atoms with Gasteiger partial charge in [-0.2, -0.15) is 0 Å². The number of amides is 2. The molecule has 172 valence electrons. The highest BCUT2D eigenvalue weighted by atomic mass is 16.2. The summed E-state index contributed by atoms with van der Waals surface area (Å²) in [5, 5.41) is 12.0. The van der Waals surface area contributed by atoms with E-state index in [9.17, 15) is 4.79 Å². The van der Waals surface area contributed by atoms with E-state index >= 15 is 0 Å². The fourth-order valence-corrected chi connectivity index (χ4v) is 4.29. The Labute approximate surface area is 191 Å². The highest BCUT2D eigenvalue weighted by Gasteiger charge is 2.23. The molecule has 1 aromatic heterocycles. The van der Waals surface area contributed by atoms with Gasteiger partial charge in [-0.15, -0.1) is 10.2 Å². The molecule has 0 radical (unpaired) electrons. The lowest BCUT2D eigenvalue weighted by Gasteiger charge is -2.35. The van der Waals surface area contributed by atoms with E-state index in [0.29, 0.717) is 13.1 Å². The average Bonchev–Trinajstić information content (AvgIpc) is 2.80. The van der Waals surface area contributed by atoms with Crippen LogP contribution in [0.1, 0.15) is 46.1 Å². The Hall–Kier alpha value is -2.83. The fraction of sp³-hybridized carbons (Fsp3) is 0.560. The number of nitrogens with one attached hydrogen (secondary N) is 1. The molecule has 2 amide bonds. The summed E-state index contributed by atoms with van der Waals surface area (Å²) in [4.78, 5) is 19.1. The van der Waals surface area contributed by atoms with Crippen molar-refractivity contribution in [1.29, 1.82) is 0 Å². The highest BCUT2D eigenvalue weighted by Crippen LogP contribution is 2.24. The first-order valence-corrected chi connectivity index (χ1v) is 11.8. The van der Waals surface area contributed by atoms with Crippen molar-refractivity contribution < 1.29 is 4.79 Å². The molecule has 2 aromatic rings. The van der Waals surface area contributed by atoms with E-state index in [-0.39, 0.29) is 11.4 Å². The van der Waals surface area contributed by atoms with Crippen LogP contribution >= 0.6 is 0 Å². The lowest BCUT2D eigenvalue weighted by molar-refractivity contribution is 0.208. The third-order valence-electron chi connectivity index (χ3n) is 6.64. The molecule has 4 rings (SSSR count). The largest absolute Gasteiger partial charge is 0.355 e. The number of carbonyl (C=O) groups is 1. The number of aromatic nitrogens is 2. The molecule has 1 aromatic carbocycles. The summed E-state index contributed by atoms with van der Waals surface area (Å²) in [6, 6.07) is 12.2. The topological polar surface area (TPSA) is 64.6 Å². The average molecular weight is 437 g/mol. The van der Waals surface area contributed by atoms with E-state index in [2.05, 4.69) is 77.3 Å². The molecule has 1 N–H and O–H groups in total. The maximum atomic E-state index is 12.7. The number of rotatable bonds is 3. The van der Waals surface area contributed by atoms with Crippen LogP contribution in [-0.2, 0) is 5.41 Å². The maximum Gasteiger partial charge on any atom is 0.321 e. The van der Waals surface area contributed by atoms with Crippen molar-refractivity contribution in [3.05, 3.63) is 42.0 Å². The van der Waals surface area contributed by atoms with Gasteiger partial charge in [-0.1, -0.05) is 39.8 Å². The van der Waals surface area contributed by atoms with Crippen LogP contribution in [0.5, 0.6) is 0 Å². The second-order valence-corrected chi connectivity index (χ2v) is 10.2. The minimum Gasteiger partial charge on any atom is -0.355 e. The Morgan fingerprint density at radius 3 is 1.88 bits per heavy atom. The molecule has 2 aliphatic rings. The number of piperazine rings is 1. The molecule has 2 saturated heterocycles. The van der Waals surface area contributed by atoms with Gasteiger partial charge in [0.25, 0.3) is 0 Å². The quantitative estimate of drug-likeness (QED) is 0.774. The standard InChI is InChI=1S/C25H36N6O/c1-19-11-13-29(14-12-19)22-9-10-23(28-27-22)30-15-17-31(18-16-30)24(32)26-21-7-5-20(6-8-21)25(2,3)4/h5-10,19H,11-18H2,1-4H3,(H,26,32). The van der Waals surface area contributed by atoms with Gasteiger partial charge in [0.2, 0.25) is 0 Å². The number of hydrogen-bond acceptors (Lipinski definition) is 5. The number of benzene rings is 1. The Morgan fingerprint density at radius 1 is 0.844 bits per heavy atom. The van der Waals surface area contributed by atoms with Crippen molar-refractivity contribution in [2.45, 2.75) is 46.0 Å². The van der Waals surface area contributed by atoms with Crippen molar-refractivity contribution in [1.82, 2.24) is 15.1 Å². The summed E-state index contributed by atoms with van der Waals surface area (Å²) < 4.78 is 0. The van der Waals surface area contributed by atoms with Crippen LogP contribution in [0.25, 0.3) is 0 Å². The summed E-state index contributed by atoms with van der Waals surface area (Å²) >= 11 is 0. The molecular weight excluding hydrogens is 400 g/mol. The third-order valence-corrected chi connectivity index (χ3v) is 6.64. The fourth-order valence-electron chi connectivity index (χ4n) is 4.29. The first kappa shape index (κ1) is 22.4.